The monoisotopic (exact) mass is 258 g/mol. The number of nitrogens with zero attached hydrogens (tertiary/aromatic N) is 3. The first kappa shape index (κ1) is 12.8. The number of hydrogen-bond donors (Lipinski definition) is 1. The maximum absolute atomic E-state index is 11.0. The molecular formula is C13H14N4O2. The molecule has 0 atom stereocenters. The molecule has 1 aromatic carbocycles. The highest BCUT2D eigenvalue weighted by Gasteiger charge is 2.07. The van der Waals surface area contributed by atoms with Crippen LogP contribution in [0.4, 0.5) is 22.1 Å². The quantitative estimate of drug-likeness (QED) is 0.915. The van der Waals surface area contributed by atoms with Gasteiger partial charge in [0.1, 0.15) is 0 Å². The lowest BCUT2D eigenvalue weighted by Crippen LogP contribution is -2.15. The topological polar surface area (TPSA) is 67.3 Å². The molecule has 2 aromatic rings. The summed E-state index contributed by atoms with van der Waals surface area (Å²) in [5.74, 6) is 1.03. The SMILES string of the molecule is COC(=O)Nc1ccc(N(C)c2ccccc2)nn1. The van der Waals surface area contributed by atoms with Gasteiger partial charge in [0.05, 0.1) is 7.11 Å². The Morgan fingerprint density at radius 1 is 1.16 bits per heavy atom. The van der Waals surface area contributed by atoms with Crippen molar-refractivity contribution in [2.45, 2.75) is 0 Å². The van der Waals surface area contributed by atoms with Crippen LogP contribution in [0.3, 0.4) is 0 Å². The van der Waals surface area contributed by atoms with Gasteiger partial charge in [0, 0.05) is 12.7 Å². The molecule has 0 spiro atoms. The van der Waals surface area contributed by atoms with Crippen LogP contribution < -0.4 is 10.2 Å². The Labute approximate surface area is 111 Å². The third-order valence-corrected chi connectivity index (χ3v) is 2.55. The van der Waals surface area contributed by atoms with Crippen LogP contribution in [0.2, 0.25) is 0 Å². The highest BCUT2D eigenvalue weighted by atomic mass is 16.5. The van der Waals surface area contributed by atoms with Gasteiger partial charge < -0.3 is 9.64 Å². The Morgan fingerprint density at radius 2 is 1.89 bits per heavy atom. The number of anilines is 3. The molecule has 0 aliphatic rings. The lowest BCUT2D eigenvalue weighted by Gasteiger charge is -2.17. The zero-order valence-electron chi connectivity index (χ0n) is 10.7. The standard InChI is InChI=1S/C13H14N4O2/c1-17(10-6-4-3-5-7-10)12-9-8-11(15-16-12)14-13(18)19-2/h3-9H,1-2H3,(H,14,15,18). The van der Waals surface area contributed by atoms with Gasteiger partial charge in [0.2, 0.25) is 0 Å². The average Bonchev–Trinajstić information content (AvgIpc) is 2.48. The van der Waals surface area contributed by atoms with E-state index in [2.05, 4.69) is 20.3 Å². The van der Waals surface area contributed by atoms with Gasteiger partial charge in [0.25, 0.3) is 0 Å². The van der Waals surface area contributed by atoms with E-state index in [-0.39, 0.29) is 0 Å². The summed E-state index contributed by atoms with van der Waals surface area (Å²) < 4.78 is 4.47. The van der Waals surface area contributed by atoms with Gasteiger partial charge in [0.15, 0.2) is 11.6 Å². The van der Waals surface area contributed by atoms with Gasteiger partial charge in [-0.15, -0.1) is 10.2 Å². The largest absolute Gasteiger partial charge is 0.453 e. The van der Waals surface area contributed by atoms with Crippen LogP contribution in [0, 0.1) is 0 Å². The fraction of sp³-hybridized carbons (Fsp3) is 0.154. The van der Waals surface area contributed by atoms with Crippen LogP contribution in [0.25, 0.3) is 0 Å². The molecule has 6 heteroatoms. The van der Waals surface area contributed by atoms with Crippen molar-refractivity contribution in [3.63, 3.8) is 0 Å². The molecule has 1 aromatic heterocycles. The maximum Gasteiger partial charge on any atom is 0.412 e. The van der Waals surface area contributed by atoms with Crippen molar-refractivity contribution in [2.24, 2.45) is 0 Å². The van der Waals surface area contributed by atoms with Crippen LogP contribution in [0.15, 0.2) is 42.5 Å². The molecule has 0 aliphatic carbocycles. The summed E-state index contributed by atoms with van der Waals surface area (Å²) in [6, 6.07) is 13.2. The van der Waals surface area contributed by atoms with Crippen LogP contribution in [0.5, 0.6) is 0 Å². The third kappa shape index (κ3) is 3.19. The number of para-hydroxylation sites is 1. The van der Waals surface area contributed by atoms with E-state index in [0.29, 0.717) is 11.6 Å². The van der Waals surface area contributed by atoms with Crippen LogP contribution in [-0.2, 0) is 4.74 Å². The number of benzene rings is 1. The first-order chi connectivity index (χ1) is 9.20. The van der Waals surface area contributed by atoms with Crippen LogP contribution in [0.1, 0.15) is 0 Å². The minimum absolute atomic E-state index is 0.345. The molecule has 98 valence electrons. The summed E-state index contributed by atoms with van der Waals surface area (Å²) in [5, 5.41) is 10.4. The molecule has 0 fully saturated rings. The number of carbonyl (C=O) groups excluding carboxylic acids is 1. The third-order valence-electron chi connectivity index (χ3n) is 2.55. The van der Waals surface area contributed by atoms with Gasteiger partial charge in [-0.05, 0) is 24.3 Å². The van der Waals surface area contributed by atoms with Crippen LogP contribution in [-0.4, -0.2) is 30.4 Å². The van der Waals surface area contributed by atoms with Crippen LogP contribution >= 0.6 is 0 Å². The molecule has 0 unspecified atom stereocenters. The molecule has 0 radical (unpaired) electrons. The van der Waals surface area contributed by atoms with E-state index >= 15 is 0 Å². The minimum Gasteiger partial charge on any atom is -0.453 e. The number of ether oxygens (including phenoxy) is 1. The number of hydrogen-bond acceptors (Lipinski definition) is 5. The molecule has 1 N–H and O–H groups in total. The predicted octanol–water partition coefficient (Wildman–Crippen LogP) is 2.42. The average molecular weight is 258 g/mol. The zero-order chi connectivity index (χ0) is 13.7. The second kappa shape index (κ2) is 5.81. The Bertz CT molecular complexity index is 542. The number of carbonyl (C=O) groups is 1. The number of rotatable bonds is 3. The van der Waals surface area contributed by atoms with Crippen molar-refractivity contribution in [3.8, 4) is 0 Å². The molecule has 2 rings (SSSR count). The van der Waals surface area contributed by atoms with E-state index in [4.69, 9.17) is 0 Å². The van der Waals surface area contributed by atoms with Crippen molar-refractivity contribution in [1.82, 2.24) is 10.2 Å². The Balaban J connectivity index is 2.12. The summed E-state index contributed by atoms with van der Waals surface area (Å²) >= 11 is 0. The van der Waals surface area contributed by atoms with Crippen molar-refractivity contribution < 1.29 is 9.53 Å². The molecule has 6 nitrogen and oxygen atoms in total. The lowest BCUT2D eigenvalue weighted by atomic mass is 10.3. The highest BCUT2D eigenvalue weighted by molar-refractivity contribution is 5.83. The Kier molecular flexibility index (Phi) is 3.92. The zero-order valence-corrected chi connectivity index (χ0v) is 10.7. The highest BCUT2D eigenvalue weighted by Crippen LogP contribution is 2.20. The molecule has 0 saturated carbocycles. The smallest absolute Gasteiger partial charge is 0.412 e. The van der Waals surface area contributed by atoms with Gasteiger partial charge in [-0.3, -0.25) is 5.32 Å². The number of amides is 1. The lowest BCUT2D eigenvalue weighted by molar-refractivity contribution is 0.187. The summed E-state index contributed by atoms with van der Waals surface area (Å²) in [7, 11) is 3.19. The predicted molar refractivity (Wildman–Crippen MR) is 72.6 cm³/mol. The summed E-state index contributed by atoms with van der Waals surface area (Å²) in [4.78, 5) is 12.9. The summed E-state index contributed by atoms with van der Waals surface area (Å²) in [6.45, 7) is 0. The summed E-state index contributed by atoms with van der Waals surface area (Å²) in [5.41, 5.74) is 1.01. The molecule has 19 heavy (non-hydrogen) atoms. The second-order valence-corrected chi connectivity index (χ2v) is 3.79. The van der Waals surface area contributed by atoms with Crippen molar-refractivity contribution >= 4 is 23.4 Å². The van der Waals surface area contributed by atoms with Gasteiger partial charge in [-0.1, -0.05) is 18.2 Å². The molecular weight excluding hydrogens is 244 g/mol. The fourth-order valence-corrected chi connectivity index (χ4v) is 1.51. The Morgan fingerprint density at radius 3 is 2.47 bits per heavy atom. The first-order valence-corrected chi connectivity index (χ1v) is 5.68. The van der Waals surface area contributed by atoms with E-state index < -0.39 is 6.09 Å². The molecule has 1 amide bonds. The molecule has 0 aliphatic heterocycles. The van der Waals surface area contributed by atoms with Crippen molar-refractivity contribution in [2.75, 3.05) is 24.4 Å². The van der Waals surface area contributed by atoms with Gasteiger partial charge >= 0.3 is 6.09 Å². The Hall–Kier alpha value is -2.63. The number of aromatic nitrogens is 2. The second-order valence-electron chi connectivity index (χ2n) is 3.79. The van der Waals surface area contributed by atoms with Gasteiger partial charge in [-0.25, -0.2) is 4.79 Å². The van der Waals surface area contributed by atoms with E-state index in [0.717, 1.165) is 5.69 Å². The fourth-order valence-electron chi connectivity index (χ4n) is 1.51. The molecule has 1 heterocycles. The minimum atomic E-state index is -0.571. The summed E-state index contributed by atoms with van der Waals surface area (Å²) in [6.07, 6.45) is -0.571. The van der Waals surface area contributed by atoms with Gasteiger partial charge in [-0.2, -0.15) is 0 Å². The number of methoxy groups -OCH3 is 1. The van der Waals surface area contributed by atoms with E-state index in [1.54, 1.807) is 12.1 Å². The maximum atomic E-state index is 11.0. The van der Waals surface area contributed by atoms with Crippen molar-refractivity contribution in [3.05, 3.63) is 42.5 Å². The molecule has 0 saturated heterocycles. The van der Waals surface area contributed by atoms with E-state index in [1.165, 1.54) is 7.11 Å². The number of nitrogens with one attached hydrogen (secondary N) is 1. The van der Waals surface area contributed by atoms with E-state index in [9.17, 15) is 4.79 Å². The van der Waals surface area contributed by atoms with E-state index in [1.807, 2.05) is 42.3 Å². The normalized spacial score (nSPS) is 9.79. The van der Waals surface area contributed by atoms with Crippen molar-refractivity contribution in [1.29, 1.82) is 0 Å². The molecule has 0 bridgehead atoms. The first-order valence-electron chi connectivity index (χ1n) is 5.68.